The van der Waals surface area contributed by atoms with Gasteiger partial charge in [-0.2, -0.15) is 0 Å². The van der Waals surface area contributed by atoms with Crippen LogP contribution in [0.5, 0.6) is 5.75 Å². The Kier molecular flexibility index (Phi) is 3.77. The van der Waals surface area contributed by atoms with Gasteiger partial charge in [-0.3, -0.25) is 0 Å². The van der Waals surface area contributed by atoms with Gasteiger partial charge >= 0.3 is 6.36 Å². The number of halogens is 3. The number of hydrogen-bond donors (Lipinski definition) is 1. The molecule has 0 aliphatic rings. The van der Waals surface area contributed by atoms with Crippen molar-refractivity contribution in [2.75, 3.05) is 0 Å². The first-order chi connectivity index (χ1) is 10.8. The van der Waals surface area contributed by atoms with Gasteiger partial charge in [0.2, 0.25) is 0 Å². The highest BCUT2D eigenvalue weighted by Gasteiger charge is 2.31. The second-order valence-electron chi connectivity index (χ2n) is 5.31. The molecule has 0 radical (unpaired) electrons. The molecule has 0 aliphatic carbocycles. The Morgan fingerprint density at radius 1 is 1.04 bits per heavy atom. The summed E-state index contributed by atoms with van der Waals surface area (Å²) in [5, 5.41) is 1.03. The molecule has 2 aromatic carbocycles. The van der Waals surface area contributed by atoms with Crippen LogP contribution >= 0.6 is 0 Å². The van der Waals surface area contributed by atoms with Crippen LogP contribution < -0.4 is 10.5 Å². The Hall–Kier alpha value is -2.47. The lowest BCUT2D eigenvalue weighted by Crippen LogP contribution is -2.17. The van der Waals surface area contributed by atoms with E-state index >= 15 is 0 Å². The number of ether oxygens (including phenoxy) is 1. The average Bonchev–Trinajstić information content (AvgIpc) is 2.83. The van der Waals surface area contributed by atoms with Crippen molar-refractivity contribution in [2.24, 2.45) is 12.8 Å². The summed E-state index contributed by atoms with van der Waals surface area (Å²) in [5.41, 5.74) is 8.99. The zero-order valence-corrected chi connectivity index (χ0v) is 12.3. The molecule has 1 aromatic heterocycles. The Morgan fingerprint density at radius 2 is 1.70 bits per heavy atom. The number of para-hydroxylation sites is 1. The zero-order valence-electron chi connectivity index (χ0n) is 12.3. The molecule has 0 saturated heterocycles. The van der Waals surface area contributed by atoms with Gasteiger partial charge in [0.1, 0.15) is 5.75 Å². The van der Waals surface area contributed by atoms with Gasteiger partial charge < -0.3 is 15.0 Å². The number of rotatable bonds is 3. The molecule has 0 spiro atoms. The number of hydrogen-bond acceptors (Lipinski definition) is 2. The van der Waals surface area contributed by atoms with Crippen LogP contribution in [0, 0.1) is 0 Å². The van der Waals surface area contributed by atoms with Crippen molar-refractivity contribution in [2.45, 2.75) is 12.4 Å². The maximum absolute atomic E-state index is 12.2. The lowest BCUT2D eigenvalue weighted by molar-refractivity contribution is -0.274. The standard InChI is InChI=1S/C17H15F3N2O/c1-22-10-14(13-4-2-3-5-15(13)22)16(21)11-6-8-12(9-7-11)23-17(18,19)20/h2-10,16H,21H2,1H3/t16-/m0/s1. The molecule has 0 saturated carbocycles. The second kappa shape index (κ2) is 5.62. The maximum Gasteiger partial charge on any atom is 0.573 e. The summed E-state index contributed by atoms with van der Waals surface area (Å²) in [6.45, 7) is 0. The Bertz CT molecular complexity index is 822. The highest BCUT2D eigenvalue weighted by atomic mass is 19.4. The van der Waals surface area contributed by atoms with Crippen molar-refractivity contribution in [3.8, 4) is 5.75 Å². The molecule has 0 amide bonds. The van der Waals surface area contributed by atoms with Crippen molar-refractivity contribution in [3.63, 3.8) is 0 Å². The summed E-state index contributed by atoms with van der Waals surface area (Å²) in [5.74, 6) is -0.258. The number of alkyl halides is 3. The van der Waals surface area contributed by atoms with Crippen LogP contribution in [0.1, 0.15) is 17.2 Å². The fourth-order valence-electron chi connectivity index (χ4n) is 2.68. The molecule has 3 nitrogen and oxygen atoms in total. The minimum Gasteiger partial charge on any atom is -0.406 e. The van der Waals surface area contributed by atoms with Gasteiger partial charge in [-0.05, 0) is 29.3 Å². The lowest BCUT2D eigenvalue weighted by Gasteiger charge is -2.13. The van der Waals surface area contributed by atoms with E-state index in [4.69, 9.17) is 5.73 Å². The van der Waals surface area contributed by atoms with Crippen molar-refractivity contribution in [1.82, 2.24) is 4.57 Å². The van der Waals surface area contributed by atoms with E-state index in [1.165, 1.54) is 12.1 Å². The van der Waals surface area contributed by atoms with Crippen LogP contribution in [0.2, 0.25) is 0 Å². The van der Waals surface area contributed by atoms with E-state index in [1.54, 1.807) is 12.1 Å². The Morgan fingerprint density at radius 3 is 2.35 bits per heavy atom. The summed E-state index contributed by atoms with van der Waals surface area (Å²) in [6.07, 6.45) is -2.76. The summed E-state index contributed by atoms with van der Waals surface area (Å²) in [7, 11) is 1.93. The maximum atomic E-state index is 12.2. The van der Waals surface area contributed by atoms with Crippen LogP contribution in [0.4, 0.5) is 13.2 Å². The predicted molar refractivity (Wildman–Crippen MR) is 82.1 cm³/mol. The molecule has 1 heterocycles. The molecular formula is C17H15F3N2O. The molecule has 3 aromatic rings. The lowest BCUT2D eigenvalue weighted by atomic mass is 9.99. The second-order valence-corrected chi connectivity index (χ2v) is 5.31. The molecule has 120 valence electrons. The molecule has 0 unspecified atom stereocenters. The normalized spacial score (nSPS) is 13.3. The van der Waals surface area contributed by atoms with Gasteiger partial charge in [0, 0.05) is 24.1 Å². The van der Waals surface area contributed by atoms with E-state index in [0.29, 0.717) is 0 Å². The predicted octanol–water partition coefficient (Wildman–Crippen LogP) is 4.13. The van der Waals surface area contributed by atoms with E-state index in [-0.39, 0.29) is 5.75 Å². The summed E-state index contributed by atoms with van der Waals surface area (Å²) in [6, 6.07) is 13.1. The zero-order chi connectivity index (χ0) is 16.6. The van der Waals surface area contributed by atoms with Crippen molar-refractivity contribution >= 4 is 10.9 Å². The summed E-state index contributed by atoms with van der Waals surface area (Å²) in [4.78, 5) is 0. The molecule has 2 N–H and O–H groups in total. The molecule has 1 atom stereocenters. The van der Waals surface area contributed by atoms with Crippen LogP contribution in [-0.4, -0.2) is 10.9 Å². The van der Waals surface area contributed by atoms with E-state index in [0.717, 1.165) is 22.0 Å². The number of benzene rings is 2. The van der Waals surface area contributed by atoms with Gasteiger partial charge in [0.05, 0.1) is 6.04 Å². The third-order valence-electron chi connectivity index (χ3n) is 3.74. The molecule has 0 bridgehead atoms. The van der Waals surface area contributed by atoms with E-state index in [9.17, 15) is 13.2 Å². The number of nitrogens with zero attached hydrogens (tertiary/aromatic N) is 1. The van der Waals surface area contributed by atoms with Gasteiger partial charge in [0.15, 0.2) is 0 Å². The number of nitrogens with two attached hydrogens (primary N) is 1. The van der Waals surface area contributed by atoms with E-state index in [2.05, 4.69) is 4.74 Å². The first-order valence-corrected chi connectivity index (χ1v) is 7.00. The third kappa shape index (κ3) is 3.17. The van der Waals surface area contributed by atoms with Crippen LogP contribution in [0.25, 0.3) is 10.9 Å². The largest absolute Gasteiger partial charge is 0.573 e. The highest BCUT2D eigenvalue weighted by Crippen LogP contribution is 2.30. The SMILES string of the molecule is Cn1cc([C@@H](N)c2ccc(OC(F)(F)F)cc2)c2ccccc21. The average molecular weight is 320 g/mol. The van der Waals surface area contributed by atoms with Crippen LogP contribution in [-0.2, 0) is 7.05 Å². The van der Waals surface area contributed by atoms with E-state index in [1.807, 2.05) is 42.1 Å². The van der Waals surface area contributed by atoms with Gasteiger partial charge in [-0.1, -0.05) is 30.3 Å². The molecule has 0 aliphatic heterocycles. The Balaban J connectivity index is 1.92. The number of fused-ring (bicyclic) bond motifs is 1. The fourth-order valence-corrected chi connectivity index (χ4v) is 2.68. The topological polar surface area (TPSA) is 40.2 Å². The van der Waals surface area contributed by atoms with Crippen molar-refractivity contribution < 1.29 is 17.9 Å². The summed E-state index contributed by atoms with van der Waals surface area (Å²) < 4.78 is 42.4. The van der Waals surface area contributed by atoms with Crippen LogP contribution in [0.15, 0.2) is 54.7 Å². The Labute approximate surface area is 131 Å². The van der Waals surface area contributed by atoms with Crippen molar-refractivity contribution in [3.05, 3.63) is 65.9 Å². The minimum atomic E-state index is -4.70. The van der Waals surface area contributed by atoms with Gasteiger partial charge in [-0.15, -0.1) is 13.2 Å². The quantitative estimate of drug-likeness (QED) is 0.788. The molecule has 0 fully saturated rings. The van der Waals surface area contributed by atoms with E-state index < -0.39 is 12.4 Å². The summed E-state index contributed by atoms with van der Waals surface area (Å²) >= 11 is 0. The van der Waals surface area contributed by atoms with Crippen molar-refractivity contribution in [1.29, 1.82) is 0 Å². The van der Waals surface area contributed by atoms with Gasteiger partial charge in [0.25, 0.3) is 0 Å². The molecule has 3 rings (SSSR count). The fraction of sp³-hybridized carbons (Fsp3) is 0.176. The smallest absolute Gasteiger partial charge is 0.406 e. The number of aryl methyl sites for hydroxylation is 1. The monoisotopic (exact) mass is 320 g/mol. The molecule has 6 heteroatoms. The minimum absolute atomic E-state index is 0.258. The third-order valence-corrected chi connectivity index (χ3v) is 3.74. The highest BCUT2D eigenvalue weighted by molar-refractivity contribution is 5.84. The first-order valence-electron chi connectivity index (χ1n) is 7.00. The molecule has 23 heavy (non-hydrogen) atoms. The molecular weight excluding hydrogens is 305 g/mol. The number of aromatic nitrogens is 1. The van der Waals surface area contributed by atoms with Gasteiger partial charge in [-0.25, -0.2) is 0 Å². The first kappa shape index (κ1) is 15.4. The van der Waals surface area contributed by atoms with Crippen LogP contribution in [0.3, 0.4) is 0 Å².